The fraction of sp³-hybridized carbons (Fsp3) is 1.00. The van der Waals surface area contributed by atoms with Gasteiger partial charge < -0.3 is 44.8 Å². The maximum atomic E-state index is 9.90. The molecule has 0 spiro atoms. The van der Waals surface area contributed by atoms with Gasteiger partial charge in [-0.1, -0.05) is 0 Å². The summed E-state index contributed by atoms with van der Waals surface area (Å²) < 4.78 is 15.7. The van der Waals surface area contributed by atoms with Gasteiger partial charge in [0.15, 0.2) is 12.6 Å². The first-order chi connectivity index (χ1) is 9.85. The summed E-state index contributed by atoms with van der Waals surface area (Å²) in [6.07, 6.45) is -10.8. The molecule has 2 heterocycles. The molecular weight excluding hydrogens is 288 g/mol. The Kier molecular flexibility index (Phi) is 5.52. The van der Waals surface area contributed by atoms with Crippen molar-refractivity contribution in [3.8, 4) is 0 Å². The molecule has 0 aromatic carbocycles. The van der Waals surface area contributed by atoms with E-state index in [4.69, 9.17) is 19.3 Å². The van der Waals surface area contributed by atoms with Crippen molar-refractivity contribution >= 4 is 0 Å². The zero-order valence-corrected chi connectivity index (χ0v) is 11.5. The standard InChI is InChI=1S/C12H22O9/c1-4-11(5(14)2-7(15)19-4)21-12-10(18)9(17)8(16)6(3-13)20-12/h4-18H,2-3H2,1H3/t4-,5-,6-,7+,8-,9-,10-,11+,12-/m1/s1. The summed E-state index contributed by atoms with van der Waals surface area (Å²) in [5, 5.41) is 57.5. The van der Waals surface area contributed by atoms with E-state index in [1.807, 2.05) is 0 Å². The third-order valence-corrected chi connectivity index (χ3v) is 3.80. The van der Waals surface area contributed by atoms with Crippen LogP contribution in [0.4, 0.5) is 0 Å². The molecule has 2 aliphatic rings. The van der Waals surface area contributed by atoms with E-state index in [9.17, 15) is 25.5 Å². The number of aliphatic hydroxyl groups excluding tert-OH is 6. The summed E-state index contributed by atoms with van der Waals surface area (Å²) in [6, 6.07) is 0. The van der Waals surface area contributed by atoms with Crippen molar-refractivity contribution in [2.45, 2.75) is 68.7 Å². The van der Waals surface area contributed by atoms with Crippen molar-refractivity contribution in [1.29, 1.82) is 0 Å². The van der Waals surface area contributed by atoms with Crippen LogP contribution in [0.1, 0.15) is 13.3 Å². The Bertz CT molecular complexity index is 327. The van der Waals surface area contributed by atoms with Gasteiger partial charge >= 0.3 is 0 Å². The largest absolute Gasteiger partial charge is 0.394 e. The average molecular weight is 310 g/mol. The Labute approximate surface area is 121 Å². The van der Waals surface area contributed by atoms with Crippen LogP contribution in [-0.4, -0.2) is 92.6 Å². The second-order valence-electron chi connectivity index (χ2n) is 5.40. The number of hydrogen-bond donors (Lipinski definition) is 6. The highest BCUT2D eigenvalue weighted by atomic mass is 16.7. The molecule has 0 aromatic rings. The summed E-state index contributed by atoms with van der Waals surface area (Å²) in [5.74, 6) is 0. The zero-order chi connectivity index (χ0) is 15.7. The van der Waals surface area contributed by atoms with Crippen LogP contribution in [-0.2, 0) is 14.2 Å². The Balaban J connectivity index is 2.03. The van der Waals surface area contributed by atoms with E-state index < -0.39 is 61.9 Å². The maximum absolute atomic E-state index is 9.90. The summed E-state index contributed by atoms with van der Waals surface area (Å²) >= 11 is 0. The van der Waals surface area contributed by atoms with Crippen LogP contribution in [0, 0.1) is 0 Å². The first-order valence-corrected chi connectivity index (χ1v) is 6.82. The maximum Gasteiger partial charge on any atom is 0.187 e. The lowest BCUT2D eigenvalue weighted by molar-refractivity contribution is -0.338. The fourth-order valence-corrected chi connectivity index (χ4v) is 2.57. The molecular formula is C12H22O9. The van der Waals surface area contributed by atoms with Gasteiger partial charge in [-0.2, -0.15) is 0 Å². The zero-order valence-electron chi connectivity index (χ0n) is 11.5. The molecule has 0 amide bonds. The molecule has 0 unspecified atom stereocenters. The minimum Gasteiger partial charge on any atom is -0.394 e. The molecule has 2 rings (SSSR count). The molecule has 2 fully saturated rings. The van der Waals surface area contributed by atoms with Gasteiger partial charge in [0, 0.05) is 6.42 Å². The van der Waals surface area contributed by atoms with Gasteiger partial charge in [-0.15, -0.1) is 0 Å². The van der Waals surface area contributed by atoms with Crippen molar-refractivity contribution in [2.75, 3.05) is 6.61 Å². The molecule has 2 saturated heterocycles. The highest BCUT2D eigenvalue weighted by molar-refractivity contribution is 4.90. The van der Waals surface area contributed by atoms with Crippen LogP contribution in [0.3, 0.4) is 0 Å². The van der Waals surface area contributed by atoms with Crippen molar-refractivity contribution in [3.05, 3.63) is 0 Å². The average Bonchev–Trinajstić information content (AvgIpc) is 2.42. The minimum absolute atomic E-state index is 0.0631. The van der Waals surface area contributed by atoms with Gasteiger partial charge in [0.1, 0.15) is 30.5 Å². The predicted molar refractivity (Wildman–Crippen MR) is 65.8 cm³/mol. The third-order valence-electron chi connectivity index (χ3n) is 3.80. The van der Waals surface area contributed by atoms with Gasteiger partial charge in [-0.3, -0.25) is 0 Å². The molecule has 0 bridgehead atoms. The van der Waals surface area contributed by atoms with Gasteiger partial charge in [0.2, 0.25) is 0 Å². The summed E-state index contributed by atoms with van der Waals surface area (Å²) in [7, 11) is 0. The number of hydrogen-bond acceptors (Lipinski definition) is 9. The van der Waals surface area contributed by atoms with Gasteiger partial charge in [0.05, 0.1) is 18.8 Å². The second-order valence-corrected chi connectivity index (χ2v) is 5.40. The fourth-order valence-electron chi connectivity index (χ4n) is 2.57. The van der Waals surface area contributed by atoms with Crippen molar-refractivity contribution in [3.63, 3.8) is 0 Å². The van der Waals surface area contributed by atoms with Crippen molar-refractivity contribution < 1.29 is 44.8 Å². The van der Waals surface area contributed by atoms with Gasteiger partial charge in [0.25, 0.3) is 0 Å². The smallest absolute Gasteiger partial charge is 0.187 e. The molecule has 0 saturated carbocycles. The summed E-state index contributed by atoms with van der Waals surface area (Å²) in [6.45, 7) is 1.00. The van der Waals surface area contributed by atoms with Crippen LogP contribution >= 0.6 is 0 Å². The molecule has 0 aliphatic carbocycles. The van der Waals surface area contributed by atoms with E-state index in [1.165, 1.54) is 0 Å². The lowest BCUT2D eigenvalue weighted by Crippen LogP contribution is -2.61. The lowest BCUT2D eigenvalue weighted by Gasteiger charge is -2.43. The first-order valence-electron chi connectivity index (χ1n) is 6.82. The SMILES string of the molecule is C[C@H]1O[C@H](O)C[C@@H](O)[C@H]1O[C@H]1O[C@H](CO)[C@@H](O)[C@@H](O)[C@H]1O. The Morgan fingerprint density at radius 1 is 1.00 bits per heavy atom. The molecule has 9 heteroatoms. The van der Waals surface area contributed by atoms with Crippen LogP contribution in [0.2, 0.25) is 0 Å². The Hall–Kier alpha value is -0.360. The molecule has 2 aliphatic heterocycles. The van der Waals surface area contributed by atoms with E-state index in [-0.39, 0.29) is 6.42 Å². The van der Waals surface area contributed by atoms with Gasteiger partial charge in [-0.05, 0) is 6.92 Å². The quantitative estimate of drug-likeness (QED) is 0.314. The van der Waals surface area contributed by atoms with E-state index in [0.717, 1.165) is 0 Å². The van der Waals surface area contributed by atoms with Crippen LogP contribution in [0.5, 0.6) is 0 Å². The highest BCUT2D eigenvalue weighted by Gasteiger charge is 2.47. The number of rotatable bonds is 3. The molecule has 124 valence electrons. The van der Waals surface area contributed by atoms with E-state index >= 15 is 0 Å². The molecule has 9 atom stereocenters. The molecule has 0 aromatic heterocycles. The Morgan fingerprint density at radius 2 is 1.67 bits per heavy atom. The molecule has 21 heavy (non-hydrogen) atoms. The topological polar surface area (TPSA) is 149 Å². The predicted octanol–water partition coefficient (Wildman–Crippen LogP) is -3.34. The van der Waals surface area contributed by atoms with Gasteiger partial charge in [-0.25, -0.2) is 0 Å². The van der Waals surface area contributed by atoms with E-state index in [1.54, 1.807) is 6.92 Å². The number of aliphatic hydroxyl groups is 6. The molecule has 0 radical (unpaired) electrons. The van der Waals surface area contributed by atoms with Crippen molar-refractivity contribution in [1.82, 2.24) is 0 Å². The van der Waals surface area contributed by atoms with Crippen LogP contribution in [0.25, 0.3) is 0 Å². The van der Waals surface area contributed by atoms with Crippen LogP contribution in [0.15, 0.2) is 0 Å². The van der Waals surface area contributed by atoms with E-state index in [0.29, 0.717) is 0 Å². The lowest BCUT2D eigenvalue weighted by atomic mass is 9.98. The second kappa shape index (κ2) is 6.82. The molecule has 9 nitrogen and oxygen atoms in total. The van der Waals surface area contributed by atoms with E-state index in [2.05, 4.69) is 0 Å². The first kappa shape index (κ1) is 17.0. The van der Waals surface area contributed by atoms with Crippen molar-refractivity contribution in [2.24, 2.45) is 0 Å². The summed E-state index contributed by atoms with van der Waals surface area (Å²) in [5.41, 5.74) is 0. The summed E-state index contributed by atoms with van der Waals surface area (Å²) in [4.78, 5) is 0. The van der Waals surface area contributed by atoms with Crippen LogP contribution < -0.4 is 0 Å². The number of ether oxygens (including phenoxy) is 3. The third kappa shape index (κ3) is 3.52. The Morgan fingerprint density at radius 3 is 2.24 bits per heavy atom. The minimum atomic E-state index is -1.55. The molecule has 6 N–H and O–H groups in total. The highest BCUT2D eigenvalue weighted by Crippen LogP contribution is 2.27. The monoisotopic (exact) mass is 310 g/mol. The normalized spacial score (nSPS) is 51.9.